The van der Waals surface area contributed by atoms with Crippen molar-refractivity contribution in [3.63, 3.8) is 0 Å². The molecule has 9 heteroatoms. The number of amides is 1. The van der Waals surface area contributed by atoms with Gasteiger partial charge in [-0.2, -0.15) is 5.10 Å². The van der Waals surface area contributed by atoms with Gasteiger partial charge in [0, 0.05) is 11.4 Å². The molecule has 0 spiro atoms. The Labute approximate surface area is 179 Å². The van der Waals surface area contributed by atoms with E-state index in [0.29, 0.717) is 33.1 Å². The fourth-order valence-electron chi connectivity index (χ4n) is 3.53. The van der Waals surface area contributed by atoms with Crippen molar-refractivity contribution in [3.8, 4) is 0 Å². The average molecular weight is 439 g/mol. The van der Waals surface area contributed by atoms with Crippen molar-refractivity contribution in [2.24, 2.45) is 5.10 Å². The summed E-state index contributed by atoms with van der Waals surface area (Å²) in [5.41, 5.74) is 1.28. The molecule has 0 aliphatic carbocycles. The number of benzene rings is 1. The number of halogens is 1. The second kappa shape index (κ2) is 7.55. The van der Waals surface area contributed by atoms with Gasteiger partial charge in [0.1, 0.15) is 22.8 Å². The minimum atomic E-state index is -0.343. The number of thiophene rings is 1. The second-order valence-electron chi connectivity index (χ2n) is 6.85. The topological polar surface area (TPSA) is 80.7 Å². The molecule has 1 aliphatic heterocycles. The van der Waals surface area contributed by atoms with E-state index < -0.39 is 0 Å². The molecule has 4 heterocycles. The molecule has 0 fully saturated rings. The van der Waals surface area contributed by atoms with Gasteiger partial charge in [-0.15, -0.1) is 11.3 Å². The van der Waals surface area contributed by atoms with E-state index in [9.17, 15) is 9.59 Å². The van der Waals surface area contributed by atoms with E-state index in [0.717, 1.165) is 5.56 Å². The zero-order valence-corrected chi connectivity index (χ0v) is 17.1. The van der Waals surface area contributed by atoms with Crippen molar-refractivity contribution in [1.29, 1.82) is 0 Å². The summed E-state index contributed by atoms with van der Waals surface area (Å²) in [4.78, 5) is 30.8. The molecule has 0 N–H and O–H groups in total. The van der Waals surface area contributed by atoms with Gasteiger partial charge >= 0.3 is 0 Å². The van der Waals surface area contributed by atoms with E-state index in [1.54, 1.807) is 35.9 Å². The minimum absolute atomic E-state index is 0.163. The largest absolute Gasteiger partial charge is 0.463 e. The Bertz CT molecular complexity index is 1330. The van der Waals surface area contributed by atoms with Crippen LogP contribution in [0.1, 0.15) is 23.8 Å². The molecule has 1 aromatic carbocycles. The van der Waals surface area contributed by atoms with E-state index >= 15 is 0 Å². The molecule has 1 aliphatic rings. The van der Waals surface area contributed by atoms with Crippen LogP contribution in [0.3, 0.4) is 0 Å². The van der Waals surface area contributed by atoms with Crippen LogP contribution in [0, 0.1) is 0 Å². The summed E-state index contributed by atoms with van der Waals surface area (Å²) in [6.45, 7) is -0.163. The lowest BCUT2D eigenvalue weighted by atomic mass is 10.0. The minimum Gasteiger partial charge on any atom is -0.463 e. The second-order valence-corrected chi connectivity index (χ2v) is 8.19. The number of hydrazone groups is 1. The van der Waals surface area contributed by atoms with E-state index in [1.807, 2.05) is 18.2 Å². The SMILES string of the molecule is O=C(Cn1cnc2sccc2c1=O)N1N=C(c2ccco2)CC1c1cccc(Cl)c1. The highest BCUT2D eigenvalue weighted by molar-refractivity contribution is 7.16. The fraction of sp³-hybridized carbons (Fsp3) is 0.143. The van der Waals surface area contributed by atoms with Crippen molar-refractivity contribution in [2.45, 2.75) is 19.0 Å². The first-order chi connectivity index (χ1) is 14.6. The Hall–Kier alpha value is -3.23. The number of hydrogen-bond acceptors (Lipinski definition) is 6. The highest BCUT2D eigenvalue weighted by atomic mass is 35.5. The Morgan fingerprint density at radius 3 is 2.97 bits per heavy atom. The molecule has 0 bridgehead atoms. The van der Waals surface area contributed by atoms with E-state index in [-0.39, 0.29) is 24.1 Å². The van der Waals surface area contributed by atoms with Gasteiger partial charge in [0.15, 0.2) is 0 Å². The van der Waals surface area contributed by atoms with Crippen LogP contribution in [-0.2, 0) is 11.3 Å². The molecule has 3 aromatic heterocycles. The quantitative estimate of drug-likeness (QED) is 0.480. The van der Waals surface area contributed by atoms with Crippen LogP contribution in [-0.4, -0.2) is 26.2 Å². The highest BCUT2D eigenvalue weighted by Crippen LogP contribution is 2.34. The fourth-order valence-corrected chi connectivity index (χ4v) is 4.45. The predicted molar refractivity (Wildman–Crippen MR) is 115 cm³/mol. The maximum absolute atomic E-state index is 13.2. The van der Waals surface area contributed by atoms with Gasteiger partial charge in [0.05, 0.1) is 24.0 Å². The van der Waals surface area contributed by atoms with Crippen LogP contribution in [0.25, 0.3) is 10.2 Å². The molecule has 5 rings (SSSR count). The molecule has 150 valence electrons. The van der Waals surface area contributed by atoms with E-state index in [4.69, 9.17) is 16.0 Å². The van der Waals surface area contributed by atoms with Crippen LogP contribution in [0.4, 0.5) is 0 Å². The predicted octanol–water partition coefficient (Wildman–Crippen LogP) is 4.08. The van der Waals surface area contributed by atoms with Crippen molar-refractivity contribution >= 4 is 44.8 Å². The maximum Gasteiger partial charge on any atom is 0.263 e. The number of hydrogen-bond donors (Lipinski definition) is 0. The molecule has 0 radical (unpaired) electrons. The zero-order valence-electron chi connectivity index (χ0n) is 15.6. The number of carbonyl (C=O) groups excluding carboxylic acids is 1. The zero-order chi connectivity index (χ0) is 20.7. The molecular formula is C21H15ClN4O3S. The van der Waals surface area contributed by atoms with Crippen LogP contribution in [0.5, 0.6) is 0 Å². The van der Waals surface area contributed by atoms with Crippen LogP contribution in [0.15, 0.2) is 74.7 Å². The van der Waals surface area contributed by atoms with Crippen molar-refractivity contribution in [2.75, 3.05) is 0 Å². The van der Waals surface area contributed by atoms with Crippen molar-refractivity contribution in [3.05, 3.63) is 87.1 Å². The number of fused-ring (bicyclic) bond motifs is 1. The average Bonchev–Trinajstić information content (AvgIpc) is 3.50. The van der Waals surface area contributed by atoms with E-state index in [1.165, 1.54) is 27.2 Å². The number of carbonyl (C=O) groups is 1. The number of aromatic nitrogens is 2. The normalized spacial score (nSPS) is 16.2. The molecule has 1 amide bonds. The van der Waals surface area contributed by atoms with Crippen LogP contribution < -0.4 is 5.56 Å². The van der Waals surface area contributed by atoms with Gasteiger partial charge in [0.25, 0.3) is 11.5 Å². The Kier molecular flexibility index (Phi) is 4.72. The van der Waals surface area contributed by atoms with Gasteiger partial charge in [-0.25, -0.2) is 9.99 Å². The molecule has 1 atom stereocenters. The summed E-state index contributed by atoms with van der Waals surface area (Å²) in [5, 5.41) is 8.82. The maximum atomic E-state index is 13.2. The number of nitrogens with zero attached hydrogens (tertiary/aromatic N) is 4. The standard InChI is InChI=1S/C21H15ClN4O3S/c22-14-4-1-3-13(9-14)17-10-16(18-5-2-7-29-18)24-26(17)19(27)11-25-12-23-20-15(21(25)28)6-8-30-20/h1-9,12,17H,10-11H2. The van der Waals surface area contributed by atoms with Gasteiger partial charge < -0.3 is 4.42 Å². The molecule has 7 nitrogen and oxygen atoms in total. The molecule has 0 saturated carbocycles. The lowest BCUT2D eigenvalue weighted by molar-refractivity contribution is -0.133. The smallest absolute Gasteiger partial charge is 0.263 e. The van der Waals surface area contributed by atoms with Crippen LogP contribution >= 0.6 is 22.9 Å². The Morgan fingerprint density at radius 2 is 2.17 bits per heavy atom. The first-order valence-corrected chi connectivity index (χ1v) is 10.5. The Morgan fingerprint density at radius 1 is 1.27 bits per heavy atom. The monoisotopic (exact) mass is 438 g/mol. The third-order valence-corrected chi connectivity index (χ3v) is 6.02. The molecule has 0 saturated heterocycles. The summed E-state index contributed by atoms with van der Waals surface area (Å²) in [5.74, 6) is 0.288. The van der Waals surface area contributed by atoms with Gasteiger partial charge in [-0.05, 0) is 41.3 Å². The summed E-state index contributed by atoms with van der Waals surface area (Å²) in [6, 6.07) is 12.3. The molecule has 4 aromatic rings. The first kappa shape index (κ1) is 18.8. The van der Waals surface area contributed by atoms with Crippen molar-refractivity contribution in [1.82, 2.24) is 14.6 Å². The molecule has 1 unspecified atom stereocenters. The van der Waals surface area contributed by atoms with Gasteiger partial charge in [-0.3, -0.25) is 14.2 Å². The van der Waals surface area contributed by atoms with Gasteiger partial charge in [-0.1, -0.05) is 23.7 Å². The summed E-state index contributed by atoms with van der Waals surface area (Å²) >= 11 is 7.56. The highest BCUT2D eigenvalue weighted by Gasteiger charge is 2.34. The summed E-state index contributed by atoms with van der Waals surface area (Å²) in [6.07, 6.45) is 3.45. The van der Waals surface area contributed by atoms with Gasteiger partial charge in [0.2, 0.25) is 0 Å². The van der Waals surface area contributed by atoms with Crippen LogP contribution in [0.2, 0.25) is 5.02 Å². The lowest BCUT2D eigenvalue weighted by Gasteiger charge is -2.22. The van der Waals surface area contributed by atoms with E-state index in [2.05, 4.69) is 10.1 Å². The molecular weight excluding hydrogens is 424 g/mol. The third-order valence-electron chi connectivity index (χ3n) is 4.96. The Balaban J connectivity index is 1.49. The summed E-state index contributed by atoms with van der Waals surface area (Å²) < 4.78 is 6.78. The first-order valence-electron chi connectivity index (χ1n) is 9.21. The van der Waals surface area contributed by atoms with Crippen molar-refractivity contribution < 1.29 is 9.21 Å². The molecule has 30 heavy (non-hydrogen) atoms. The number of rotatable bonds is 4. The summed E-state index contributed by atoms with van der Waals surface area (Å²) in [7, 11) is 0. The lowest BCUT2D eigenvalue weighted by Crippen LogP contribution is -2.34. The third kappa shape index (κ3) is 3.34. The number of furan rings is 1.